The van der Waals surface area contributed by atoms with Gasteiger partial charge in [0, 0.05) is 29.5 Å². The summed E-state index contributed by atoms with van der Waals surface area (Å²) in [4.78, 5) is 16.6. The molecule has 0 radical (unpaired) electrons. The van der Waals surface area contributed by atoms with Gasteiger partial charge in [-0.1, -0.05) is 12.6 Å². The lowest BCUT2D eigenvalue weighted by atomic mass is 10.1. The van der Waals surface area contributed by atoms with Crippen LogP contribution in [-0.4, -0.2) is 9.55 Å². The van der Waals surface area contributed by atoms with Crippen molar-refractivity contribution in [2.45, 2.75) is 6.92 Å². The van der Waals surface area contributed by atoms with Gasteiger partial charge < -0.3 is 4.42 Å². The molecule has 4 rings (SSSR count). The van der Waals surface area contributed by atoms with Gasteiger partial charge in [0.1, 0.15) is 34.7 Å². The van der Waals surface area contributed by atoms with E-state index < -0.39 is 34.5 Å². The number of para-hydroxylation sites is 1. The third-order valence-corrected chi connectivity index (χ3v) is 4.53. The highest BCUT2D eigenvalue weighted by Gasteiger charge is 2.22. The Morgan fingerprint density at radius 2 is 1.71 bits per heavy atom. The van der Waals surface area contributed by atoms with E-state index in [1.807, 2.05) is 0 Å². The number of hydrogen-bond acceptors (Lipinski definition) is 3. The van der Waals surface area contributed by atoms with Crippen molar-refractivity contribution >= 4 is 5.57 Å². The number of hydrogen-bond donors (Lipinski definition) is 0. The van der Waals surface area contributed by atoms with Crippen LogP contribution >= 0.6 is 0 Å². The van der Waals surface area contributed by atoms with E-state index in [2.05, 4.69) is 11.6 Å². The van der Waals surface area contributed by atoms with E-state index in [-0.39, 0.29) is 28.5 Å². The van der Waals surface area contributed by atoms with Gasteiger partial charge in [0.2, 0.25) is 5.89 Å². The second-order valence-corrected chi connectivity index (χ2v) is 6.80. The Labute approximate surface area is 173 Å². The zero-order valence-electron chi connectivity index (χ0n) is 16.1. The standard InChI is InChI=1S/C23H14F4N2O2/c1-12(2)23-28-20(22(31-23)15-8-7-14(24)10-18(15)27)13-6-9-19(30)29(11-13)21-16(25)4-3-5-17(21)26/h3-11H,1H2,2H3. The summed E-state index contributed by atoms with van der Waals surface area (Å²) in [5.41, 5.74) is -0.584. The molecule has 0 aliphatic rings. The fraction of sp³-hybridized carbons (Fsp3) is 0.0435. The lowest BCUT2D eigenvalue weighted by molar-refractivity contribution is 0.543. The number of rotatable bonds is 4. The minimum Gasteiger partial charge on any atom is -0.436 e. The summed E-state index contributed by atoms with van der Waals surface area (Å²) in [6.45, 7) is 5.36. The van der Waals surface area contributed by atoms with E-state index in [1.165, 1.54) is 24.4 Å². The molecule has 0 bridgehead atoms. The van der Waals surface area contributed by atoms with Gasteiger partial charge in [0.05, 0.1) is 5.56 Å². The number of benzene rings is 2. The average molecular weight is 426 g/mol. The van der Waals surface area contributed by atoms with Crippen LogP contribution in [0.4, 0.5) is 17.6 Å². The molecule has 4 nitrogen and oxygen atoms in total. The average Bonchev–Trinajstić information content (AvgIpc) is 3.14. The summed E-state index contributed by atoms with van der Waals surface area (Å²) in [7, 11) is 0. The third-order valence-electron chi connectivity index (χ3n) is 4.53. The van der Waals surface area contributed by atoms with E-state index in [0.717, 1.165) is 28.8 Å². The zero-order chi connectivity index (χ0) is 22.3. The number of pyridine rings is 1. The summed E-state index contributed by atoms with van der Waals surface area (Å²) >= 11 is 0. The molecule has 0 aliphatic carbocycles. The van der Waals surface area contributed by atoms with E-state index in [9.17, 15) is 22.4 Å². The van der Waals surface area contributed by atoms with Gasteiger partial charge in [-0.2, -0.15) is 0 Å². The number of allylic oxidation sites excluding steroid dienone is 1. The number of aromatic nitrogens is 2. The van der Waals surface area contributed by atoms with Crippen LogP contribution in [0.5, 0.6) is 0 Å². The molecule has 2 heterocycles. The lowest BCUT2D eigenvalue weighted by Gasteiger charge is -2.10. The molecule has 156 valence electrons. The molecule has 0 N–H and O–H groups in total. The first-order chi connectivity index (χ1) is 14.8. The maximum atomic E-state index is 14.5. The molecule has 4 aromatic rings. The van der Waals surface area contributed by atoms with E-state index >= 15 is 0 Å². The zero-order valence-corrected chi connectivity index (χ0v) is 16.1. The van der Waals surface area contributed by atoms with Gasteiger partial charge in [0.25, 0.3) is 5.56 Å². The summed E-state index contributed by atoms with van der Waals surface area (Å²) in [6, 6.07) is 8.61. The second kappa shape index (κ2) is 7.71. The highest BCUT2D eigenvalue weighted by atomic mass is 19.1. The largest absolute Gasteiger partial charge is 0.436 e. The molecule has 0 atom stereocenters. The van der Waals surface area contributed by atoms with Crippen LogP contribution in [0.1, 0.15) is 12.8 Å². The SMILES string of the molecule is C=C(C)c1nc(-c2ccc(=O)n(-c3c(F)cccc3F)c2)c(-c2ccc(F)cc2F)o1. The summed E-state index contributed by atoms with van der Waals surface area (Å²) in [6.07, 6.45) is 1.18. The number of nitrogens with zero attached hydrogens (tertiary/aromatic N) is 2. The second-order valence-electron chi connectivity index (χ2n) is 6.80. The Morgan fingerprint density at radius 3 is 2.35 bits per heavy atom. The van der Waals surface area contributed by atoms with E-state index in [4.69, 9.17) is 4.42 Å². The van der Waals surface area contributed by atoms with Crippen LogP contribution in [0.25, 0.3) is 33.8 Å². The Hall–Kier alpha value is -3.94. The Bertz CT molecular complexity index is 1370. The number of halogens is 4. The first kappa shape index (κ1) is 20.3. The molecule has 2 aromatic heterocycles. The van der Waals surface area contributed by atoms with Crippen molar-refractivity contribution in [3.63, 3.8) is 0 Å². The summed E-state index contributed by atoms with van der Waals surface area (Å²) < 4.78 is 62.8. The van der Waals surface area contributed by atoms with Gasteiger partial charge in [-0.05, 0) is 37.3 Å². The fourth-order valence-electron chi connectivity index (χ4n) is 3.08. The number of oxazole rings is 1. The van der Waals surface area contributed by atoms with Crippen LogP contribution in [0.15, 0.2) is 70.5 Å². The lowest BCUT2D eigenvalue weighted by Crippen LogP contribution is -2.19. The Kier molecular flexibility index (Phi) is 5.06. The van der Waals surface area contributed by atoms with Crippen molar-refractivity contribution in [1.82, 2.24) is 9.55 Å². The quantitative estimate of drug-likeness (QED) is 0.391. The van der Waals surface area contributed by atoms with Gasteiger partial charge in [-0.25, -0.2) is 22.5 Å². The van der Waals surface area contributed by atoms with Crippen LogP contribution in [0.2, 0.25) is 0 Å². The van der Waals surface area contributed by atoms with Crippen molar-refractivity contribution in [2.24, 2.45) is 0 Å². The smallest absolute Gasteiger partial charge is 0.255 e. The monoisotopic (exact) mass is 426 g/mol. The maximum Gasteiger partial charge on any atom is 0.255 e. The molecule has 0 unspecified atom stereocenters. The van der Waals surface area contributed by atoms with Crippen molar-refractivity contribution in [3.8, 4) is 28.3 Å². The molecule has 0 spiro atoms. The molecule has 31 heavy (non-hydrogen) atoms. The van der Waals surface area contributed by atoms with E-state index in [0.29, 0.717) is 11.6 Å². The van der Waals surface area contributed by atoms with Crippen molar-refractivity contribution in [3.05, 3.63) is 101 Å². The van der Waals surface area contributed by atoms with Gasteiger partial charge >= 0.3 is 0 Å². The molecule has 0 saturated heterocycles. The predicted octanol–water partition coefficient (Wildman–Crippen LogP) is 5.75. The Morgan fingerprint density at radius 1 is 1.00 bits per heavy atom. The first-order valence-electron chi connectivity index (χ1n) is 9.06. The third kappa shape index (κ3) is 3.68. The van der Waals surface area contributed by atoms with Crippen LogP contribution in [-0.2, 0) is 0 Å². The molecule has 8 heteroatoms. The highest BCUT2D eigenvalue weighted by Crippen LogP contribution is 2.35. The Balaban J connectivity index is 1.97. The molecule has 2 aromatic carbocycles. The van der Waals surface area contributed by atoms with Crippen LogP contribution < -0.4 is 5.56 Å². The highest BCUT2D eigenvalue weighted by molar-refractivity contribution is 5.78. The molecule has 0 fully saturated rings. The topological polar surface area (TPSA) is 48.0 Å². The molecule has 0 saturated carbocycles. The van der Waals surface area contributed by atoms with Crippen LogP contribution in [0.3, 0.4) is 0 Å². The summed E-state index contributed by atoms with van der Waals surface area (Å²) in [5, 5.41) is 0. The molecular weight excluding hydrogens is 412 g/mol. The van der Waals surface area contributed by atoms with Crippen molar-refractivity contribution in [1.29, 1.82) is 0 Å². The van der Waals surface area contributed by atoms with E-state index in [1.54, 1.807) is 6.92 Å². The maximum absolute atomic E-state index is 14.5. The normalized spacial score (nSPS) is 11.0. The predicted molar refractivity (Wildman–Crippen MR) is 108 cm³/mol. The van der Waals surface area contributed by atoms with Crippen molar-refractivity contribution in [2.75, 3.05) is 0 Å². The minimum absolute atomic E-state index is 0.0466. The van der Waals surface area contributed by atoms with Gasteiger partial charge in [0.15, 0.2) is 5.76 Å². The minimum atomic E-state index is -0.938. The molecule has 0 aliphatic heterocycles. The van der Waals surface area contributed by atoms with Crippen LogP contribution in [0, 0.1) is 23.3 Å². The van der Waals surface area contributed by atoms with Gasteiger partial charge in [-0.15, -0.1) is 0 Å². The molecule has 0 amide bonds. The fourth-order valence-corrected chi connectivity index (χ4v) is 3.08. The summed E-state index contributed by atoms with van der Waals surface area (Å²) in [5.74, 6) is -3.50. The van der Waals surface area contributed by atoms with Gasteiger partial charge in [-0.3, -0.25) is 9.36 Å². The first-order valence-corrected chi connectivity index (χ1v) is 9.06. The van der Waals surface area contributed by atoms with Crippen molar-refractivity contribution < 1.29 is 22.0 Å². The molecular formula is C23H14F4N2O2.